The first-order valence-electron chi connectivity index (χ1n) is 7.54. The van der Waals surface area contributed by atoms with E-state index in [1.807, 2.05) is 0 Å². The quantitative estimate of drug-likeness (QED) is 0.752. The summed E-state index contributed by atoms with van der Waals surface area (Å²) in [5, 5.41) is 4.03. The van der Waals surface area contributed by atoms with Crippen LogP contribution in [0.2, 0.25) is 0 Å². The molecule has 5 rings (SSSR count). The summed E-state index contributed by atoms with van der Waals surface area (Å²) in [5.41, 5.74) is 0. The maximum absolute atomic E-state index is 4.03. The minimum Gasteiger partial charge on any atom is -0.311 e. The molecule has 4 bridgehead atoms. The molecular formula is C15H25N. The van der Waals surface area contributed by atoms with Crippen LogP contribution in [-0.4, -0.2) is 12.1 Å². The minimum absolute atomic E-state index is 0.887. The van der Waals surface area contributed by atoms with Gasteiger partial charge in [0, 0.05) is 12.1 Å². The van der Waals surface area contributed by atoms with Crippen LogP contribution in [0, 0.1) is 29.6 Å². The lowest BCUT2D eigenvalue weighted by atomic mass is 9.54. The smallest absolute Gasteiger partial charge is 0.0127 e. The molecule has 0 atom stereocenters. The molecule has 5 aliphatic rings. The molecule has 0 unspecified atom stereocenters. The van der Waals surface area contributed by atoms with Gasteiger partial charge in [-0.25, -0.2) is 0 Å². The van der Waals surface area contributed by atoms with Crippen LogP contribution < -0.4 is 5.32 Å². The van der Waals surface area contributed by atoms with Crippen LogP contribution >= 0.6 is 0 Å². The van der Waals surface area contributed by atoms with E-state index in [4.69, 9.17) is 0 Å². The first kappa shape index (κ1) is 9.94. The van der Waals surface area contributed by atoms with E-state index in [9.17, 15) is 0 Å². The number of hydrogen-bond acceptors (Lipinski definition) is 1. The van der Waals surface area contributed by atoms with E-state index in [1.54, 1.807) is 32.1 Å². The molecule has 16 heavy (non-hydrogen) atoms. The summed E-state index contributed by atoms with van der Waals surface area (Å²) in [5.74, 6) is 5.37. The molecule has 0 aromatic carbocycles. The van der Waals surface area contributed by atoms with Crippen LogP contribution in [0.1, 0.15) is 51.9 Å². The molecule has 0 saturated heterocycles. The van der Waals surface area contributed by atoms with E-state index < -0.39 is 0 Å². The molecule has 0 aromatic rings. The lowest BCUT2D eigenvalue weighted by Crippen LogP contribution is -2.58. The van der Waals surface area contributed by atoms with Crippen molar-refractivity contribution in [2.75, 3.05) is 0 Å². The van der Waals surface area contributed by atoms with Gasteiger partial charge in [0.15, 0.2) is 0 Å². The Morgan fingerprint density at radius 1 is 0.750 bits per heavy atom. The van der Waals surface area contributed by atoms with Gasteiger partial charge in [0.25, 0.3) is 0 Å². The van der Waals surface area contributed by atoms with Gasteiger partial charge in [-0.1, -0.05) is 6.92 Å². The van der Waals surface area contributed by atoms with Gasteiger partial charge < -0.3 is 5.32 Å². The van der Waals surface area contributed by atoms with E-state index in [-0.39, 0.29) is 0 Å². The molecule has 0 heterocycles. The van der Waals surface area contributed by atoms with Crippen molar-refractivity contribution in [2.24, 2.45) is 29.6 Å². The van der Waals surface area contributed by atoms with Crippen molar-refractivity contribution in [3.63, 3.8) is 0 Å². The second-order valence-electron chi connectivity index (χ2n) is 7.40. The summed E-state index contributed by atoms with van der Waals surface area (Å²) in [6.45, 7) is 2.40. The average Bonchev–Trinajstić information content (AvgIpc) is 2.19. The molecular weight excluding hydrogens is 194 g/mol. The van der Waals surface area contributed by atoms with E-state index >= 15 is 0 Å². The highest BCUT2D eigenvalue weighted by Crippen LogP contribution is 2.54. The fourth-order valence-corrected chi connectivity index (χ4v) is 5.51. The summed E-state index contributed by atoms with van der Waals surface area (Å²) in [4.78, 5) is 0. The van der Waals surface area contributed by atoms with Crippen molar-refractivity contribution in [1.29, 1.82) is 0 Å². The summed E-state index contributed by atoms with van der Waals surface area (Å²) in [6, 6.07) is 1.81. The van der Waals surface area contributed by atoms with Crippen LogP contribution in [0.15, 0.2) is 0 Å². The third kappa shape index (κ3) is 1.47. The Bertz CT molecular complexity index is 251. The standard InChI is InChI=1S/C15H25N/c1-9-2-14(3-9)16-15-12-5-10-4-11(7-12)8-13(15)6-10/h9-16H,2-8H2,1H3. The lowest BCUT2D eigenvalue weighted by Gasteiger charge is -2.56. The normalized spacial score (nSPS) is 58.7. The summed E-state index contributed by atoms with van der Waals surface area (Å²) >= 11 is 0. The van der Waals surface area contributed by atoms with E-state index in [1.165, 1.54) is 12.8 Å². The highest BCUT2D eigenvalue weighted by molar-refractivity contribution is 5.02. The topological polar surface area (TPSA) is 12.0 Å². The van der Waals surface area contributed by atoms with Gasteiger partial charge in [-0.05, 0) is 74.5 Å². The second kappa shape index (κ2) is 3.48. The van der Waals surface area contributed by atoms with Gasteiger partial charge in [-0.15, -0.1) is 0 Å². The van der Waals surface area contributed by atoms with Gasteiger partial charge in [0.1, 0.15) is 0 Å². The van der Waals surface area contributed by atoms with E-state index in [2.05, 4.69) is 12.2 Å². The number of nitrogens with one attached hydrogen (secondary N) is 1. The van der Waals surface area contributed by atoms with Crippen LogP contribution in [-0.2, 0) is 0 Å². The molecule has 1 heteroatoms. The van der Waals surface area contributed by atoms with Gasteiger partial charge in [0.2, 0.25) is 0 Å². The van der Waals surface area contributed by atoms with Crippen LogP contribution in [0.5, 0.6) is 0 Å². The number of hydrogen-bond donors (Lipinski definition) is 1. The molecule has 90 valence electrons. The number of rotatable bonds is 2. The Morgan fingerprint density at radius 3 is 1.81 bits per heavy atom. The Hall–Kier alpha value is -0.0400. The Labute approximate surface area is 99.4 Å². The van der Waals surface area contributed by atoms with Crippen LogP contribution in [0.25, 0.3) is 0 Å². The van der Waals surface area contributed by atoms with Gasteiger partial charge in [0.05, 0.1) is 0 Å². The monoisotopic (exact) mass is 219 g/mol. The molecule has 0 aliphatic heterocycles. The molecule has 0 spiro atoms. The fourth-order valence-electron chi connectivity index (χ4n) is 5.51. The third-order valence-electron chi connectivity index (χ3n) is 6.03. The summed E-state index contributed by atoms with van der Waals surface area (Å²) in [7, 11) is 0. The molecule has 0 radical (unpaired) electrons. The van der Waals surface area contributed by atoms with Crippen molar-refractivity contribution in [3.8, 4) is 0 Å². The van der Waals surface area contributed by atoms with Crippen molar-refractivity contribution in [2.45, 2.75) is 64.0 Å². The zero-order valence-electron chi connectivity index (χ0n) is 10.5. The van der Waals surface area contributed by atoms with Gasteiger partial charge in [-0.2, -0.15) is 0 Å². The second-order valence-corrected chi connectivity index (χ2v) is 7.40. The van der Waals surface area contributed by atoms with Crippen molar-refractivity contribution >= 4 is 0 Å². The molecule has 0 aromatic heterocycles. The Balaban J connectivity index is 1.44. The van der Waals surface area contributed by atoms with Crippen LogP contribution in [0.3, 0.4) is 0 Å². The molecule has 5 fully saturated rings. The van der Waals surface area contributed by atoms with E-state index in [0.29, 0.717) is 0 Å². The predicted octanol–water partition coefficient (Wildman–Crippen LogP) is 3.20. The first-order chi connectivity index (χ1) is 7.78. The molecule has 5 saturated carbocycles. The first-order valence-corrected chi connectivity index (χ1v) is 7.54. The van der Waals surface area contributed by atoms with Crippen molar-refractivity contribution in [1.82, 2.24) is 5.32 Å². The van der Waals surface area contributed by atoms with E-state index in [0.717, 1.165) is 41.7 Å². The summed E-state index contributed by atoms with van der Waals surface area (Å²) < 4.78 is 0. The van der Waals surface area contributed by atoms with Gasteiger partial charge in [-0.3, -0.25) is 0 Å². The van der Waals surface area contributed by atoms with Crippen LogP contribution in [0.4, 0.5) is 0 Å². The molecule has 5 aliphatic carbocycles. The van der Waals surface area contributed by atoms with Crippen molar-refractivity contribution < 1.29 is 0 Å². The summed E-state index contributed by atoms with van der Waals surface area (Å²) in [6.07, 6.45) is 10.7. The zero-order chi connectivity index (χ0) is 10.7. The third-order valence-corrected chi connectivity index (χ3v) is 6.03. The molecule has 1 nitrogen and oxygen atoms in total. The molecule has 0 amide bonds. The largest absolute Gasteiger partial charge is 0.311 e. The highest BCUT2D eigenvalue weighted by Gasteiger charge is 2.48. The van der Waals surface area contributed by atoms with Crippen molar-refractivity contribution in [3.05, 3.63) is 0 Å². The maximum Gasteiger partial charge on any atom is 0.0127 e. The SMILES string of the molecule is CC1CC(NC2C3CC4CC(C3)CC2C4)C1. The van der Waals surface area contributed by atoms with Gasteiger partial charge >= 0.3 is 0 Å². The highest BCUT2D eigenvalue weighted by atomic mass is 15.0. The maximum atomic E-state index is 4.03. The Morgan fingerprint density at radius 2 is 1.31 bits per heavy atom. The predicted molar refractivity (Wildman–Crippen MR) is 66.2 cm³/mol. The Kier molecular flexibility index (Phi) is 2.16. The fraction of sp³-hybridized carbons (Fsp3) is 1.00. The molecule has 1 N–H and O–H groups in total. The average molecular weight is 219 g/mol. The zero-order valence-corrected chi connectivity index (χ0v) is 10.5. The lowest BCUT2D eigenvalue weighted by molar-refractivity contribution is -0.0238. The minimum atomic E-state index is 0.887.